The van der Waals surface area contributed by atoms with Crippen LogP contribution < -0.4 is 14.8 Å². The standard InChI is InChI=1S/C22H28ClN3O5S/c1-30-20-8-7-18(23)16-21(20)32(28,29)25-19(15-17-5-3-2-4-6-17)22(27)24-9-10-26-11-13-31-14-12-26/h2-8,16,19,25H,9-15H2,1H3,(H,24,27). The fourth-order valence-corrected chi connectivity index (χ4v) is 5.06. The Morgan fingerprint density at radius 2 is 1.91 bits per heavy atom. The number of nitrogens with zero attached hydrogens (tertiary/aromatic N) is 1. The topological polar surface area (TPSA) is 97.0 Å². The number of amides is 1. The van der Waals surface area contributed by atoms with E-state index in [2.05, 4.69) is 14.9 Å². The number of halogens is 1. The molecule has 174 valence electrons. The van der Waals surface area contributed by atoms with Crippen molar-refractivity contribution in [3.63, 3.8) is 0 Å². The maximum absolute atomic E-state index is 13.1. The lowest BCUT2D eigenvalue weighted by Crippen LogP contribution is -2.50. The monoisotopic (exact) mass is 481 g/mol. The van der Waals surface area contributed by atoms with Gasteiger partial charge >= 0.3 is 0 Å². The van der Waals surface area contributed by atoms with E-state index in [1.54, 1.807) is 6.07 Å². The van der Waals surface area contributed by atoms with Crippen LogP contribution >= 0.6 is 11.6 Å². The lowest BCUT2D eigenvalue weighted by molar-refractivity contribution is -0.122. The maximum atomic E-state index is 13.1. The fourth-order valence-electron chi connectivity index (χ4n) is 3.43. The van der Waals surface area contributed by atoms with E-state index in [1.165, 1.54) is 19.2 Å². The zero-order valence-electron chi connectivity index (χ0n) is 17.9. The molecule has 1 unspecified atom stereocenters. The second-order valence-corrected chi connectivity index (χ2v) is 9.52. The Balaban J connectivity index is 1.74. The van der Waals surface area contributed by atoms with Gasteiger partial charge in [-0.15, -0.1) is 0 Å². The SMILES string of the molecule is COc1ccc(Cl)cc1S(=O)(=O)NC(Cc1ccccc1)C(=O)NCCN1CCOCC1. The van der Waals surface area contributed by atoms with E-state index in [0.717, 1.165) is 18.7 Å². The first kappa shape index (κ1) is 24.5. The minimum absolute atomic E-state index is 0.119. The third kappa shape index (κ3) is 6.91. The molecule has 0 saturated carbocycles. The van der Waals surface area contributed by atoms with E-state index in [1.807, 2.05) is 30.3 Å². The van der Waals surface area contributed by atoms with Crippen LogP contribution in [0.15, 0.2) is 53.4 Å². The Morgan fingerprint density at radius 3 is 2.59 bits per heavy atom. The van der Waals surface area contributed by atoms with Gasteiger partial charge in [0.15, 0.2) is 0 Å². The molecule has 2 aromatic rings. The van der Waals surface area contributed by atoms with Gasteiger partial charge in [-0.2, -0.15) is 4.72 Å². The summed E-state index contributed by atoms with van der Waals surface area (Å²) in [5.41, 5.74) is 0.835. The number of nitrogens with one attached hydrogen (secondary N) is 2. The highest BCUT2D eigenvalue weighted by Crippen LogP contribution is 2.27. The van der Waals surface area contributed by atoms with Crippen LogP contribution in [0.25, 0.3) is 0 Å². The zero-order valence-corrected chi connectivity index (χ0v) is 19.5. The number of ether oxygens (including phenoxy) is 2. The summed E-state index contributed by atoms with van der Waals surface area (Å²) < 4.78 is 39.3. The molecule has 2 N–H and O–H groups in total. The van der Waals surface area contributed by atoms with Gasteiger partial charge in [0.05, 0.1) is 20.3 Å². The molecule has 1 aliphatic rings. The molecule has 32 heavy (non-hydrogen) atoms. The van der Waals surface area contributed by atoms with Gasteiger partial charge in [-0.1, -0.05) is 41.9 Å². The van der Waals surface area contributed by atoms with Crippen LogP contribution in [0.3, 0.4) is 0 Å². The number of carbonyl (C=O) groups excluding carboxylic acids is 1. The van der Waals surface area contributed by atoms with Gasteiger partial charge in [-0.3, -0.25) is 9.69 Å². The van der Waals surface area contributed by atoms with Crippen molar-refractivity contribution in [1.29, 1.82) is 0 Å². The average molecular weight is 482 g/mol. The number of benzene rings is 2. The molecule has 2 aromatic carbocycles. The first-order valence-electron chi connectivity index (χ1n) is 10.4. The molecule has 1 heterocycles. The van der Waals surface area contributed by atoms with E-state index < -0.39 is 22.0 Å². The molecule has 0 bridgehead atoms. The van der Waals surface area contributed by atoms with Crippen molar-refractivity contribution in [3.05, 3.63) is 59.1 Å². The highest BCUT2D eigenvalue weighted by atomic mass is 35.5. The van der Waals surface area contributed by atoms with Crippen molar-refractivity contribution in [2.24, 2.45) is 0 Å². The van der Waals surface area contributed by atoms with Crippen molar-refractivity contribution in [2.45, 2.75) is 17.4 Å². The van der Waals surface area contributed by atoms with Gasteiger partial charge in [0.1, 0.15) is 16.7 Å². The van der Waals surface area contributed by atoms with Crippen molar-refractivity contribution in [1.82, 2.24) is 14.9 Å². The molecular formula is C22H28ClN3O5S. The molecule has 1 amide bonds. The normalized spacial score (nSPS) is 15.8. The van der Waals surface area contributed by atoms with Crippen LogP contribution in [-0.4, -0.2) is 71.8 Å². The molecular weight excluding hydrogens is 454 g/mol. The number of hydrogen-bond donors (Lipinski definition) is 2. The number of carbonyl (C=O) groups is 1. The van der Waals surface area contributed by atoms with Crippen molar-refractivity contribution < 1.29 is 22.7 Å². The Morgan fingerprint density at radius 1 is 1.19 bits per heavy atom. The van der Waals surface area contributed by atoms with Gasteiger partial charge in [-0.25, -0.2) is 8.42 Å². The van der Waals surface area contributed by atoms with Crippen LogP contribution in [0.2, 0.25) is 5.02 Å². The van der Waals surface area contributed by atoms with Crippen LogP contribution in [0.1, 0.15) is 5.56 Å². The van der Waals surface area contributed by atoms with E-state index in [-0.39, 0.29) is 22.1 Å². The van der Waals surface area contributed by atoms with Gasteiger partial charge in [0.2, 0.25) is 15.9 Å². The summed E-state index contributed by atoms with van der Waals surface area (Å²) in [6, 6.07) is 12.6. The van der Waals surface area contributed by atoms with Crippen LogP contribution in [0, 0.1) is 0 Å². The lowest BCUT2D eigenvalue weighted by Gasteiger charge is -2.27. The second-order valence-electron chi connectivity index (χ2n) is 7.40. The predicted octanol–water partition coefficient (Wildman–Crippen LogP) is 1.69. The molecule has 3 rings (SSSR count). The molecule has 0 aliphatic carbocycles. The lowest BCUT2D eigenvalue weighted by atomic mass is 10.1. The van der Waals surface area contributed by atoms with Crippen LogP contribution in [0.5, 0.6) is 5.75 Å². The summed E-state index contributed by atoms with van der Waals surface area (Å²) >= 11 is 6.01. The third-order valence-electron chi connectivity index (χ3n) is 5.14. The molecule has 1 fully saturated rings. The summed E-state index contributed by atoms with van der Waals surface area (Å²) in [5.74, 6) is -0.250. The van der Waals surface area contributed by atoms with Crippen LogP contribution in [-0.2, 0) is 26.0 Å². The van der Waals surface area contributed by atoms with Crippen molar-refractivity contribution in [2.75, 3.05) is 46.5 Å². The van der Waals surface area contributed by atoms with Crippen molar-refractivity contribution in [3.8, 4) is 5.75 Å². The van der Waals surface area contributed by atoms with E-state index >= 15 is 0 Å². The molecule has 1 saturated heterocycles. The molecule has 1 aliphatic heterocycles. The summed E-state index contributed by atoms with van der Waals surface area (Å²) in [4.78, 5) is 15.1. The zero-order chi connectivity index (χ0) is 23.0. The number of methoxy groups -OCH3 is 1. The van der Waals surface area contributed by atoms with Gasteiger partial charge < -0.3 is 14.8 Å². The number of sulfonamides is 1. The van der Waals surface area contributed by atoms with Gasteiger partial charge in [0, 0.05) is 31.2 Å². The number of hydrogen-bond acceptors (Lipinski definition) is 6. The highest BCUT2D eigenvalue weighted by Gasteiger charge is 2.28. The smallest absolute Gasteiger partial charge is 0.245 e. The van der Waals surface area contributed by atoms with Crippen LogP contribution in [0.4, 0.5) is 0 Å². The summed E-state index contributed by atoms with van der Waals surface area (Å²) in [7, 11) is -2.71. The third-order valence-corrected chi connectivity index (χ3v) is 6.87. The van der Waals surface area contributed by atoms with E-state index in [0.29, 0.717) is 26.3 Å². The molecule has 0 spiro atoms. The minimum atomic E-state index is -4.08. The first-order chi connectivity index (χ1) is 15.4. The first-order valence-corrected chi connectivity index (χ1v) is 12.2. The summed E-state index contributed by atoms with van der Waals surface area (Å²) in [5, 5.41) is 3.11. The largest absolute Gasteiger partial charge is 0.495 e. The molecule has 10 heteroatoms. The molecule has 1 atom stereocenters. The minimum Gasteiger partial charge on any atom is -0.495 e. The molecule has 8 nitrogen and oxygen atoms in total. The van der Waals surface area contributed by atoms with Gasteiger partial charge in [-0.05, 0) is 30.2 Å². The highest BCUT2D eigenvalue weighted by molar-refractivity contribution is 7.89. The van der Waals surface area contributed by atoms with E-state index in [9.17, 15) is 13.2 Å². The van der Waals surface area contributed by atoms with Gasteiger partial charge in [0.25, 0.3) is 0 Å². The number of rotatable bonds is 10. The quantitative estimate of drug-likeness (QED) is 0.536. The predicted molar refractivity (Wildman–Crippen MR) is 123 cm³/mol. The Bertz CT molecular complexity index is 998. The fraction of sp³-hybridized carbons (Fsp3) is 0.409. The Labute approximate surface area is 193 Å². The molecule has 0 aromatic heterocycles. The Kier molecular flexibility index (Phi) is 8.89. The average Bonchev–Trinajstić information content (AvgIpc) is 2.80. The second kappa shape index (κ2) is 11.6. The maximum Gasteiger partial charge on any atom is 0.245 e. The summed E-state index contributed by atoms with van der Waals surface area (Å²) in [6.45, 7) is 4.04. The van der Waals surface area contributed by atoms with Crippen molar-refractivity contribution >= 4 is 27.5 Å². The number of morpholine rings is 1. The summed E-state index contributed by atoms with van der Waals surface area (Å²) in [6.07, 6.45) is 0.201. The van der Waals surface area contributed by atoms with E-state index in [4.69, 9.17) is 21.1 Å². The Hall–Kier alpha value is -2.17. The molecule has 0 radical (unpaired) electrons.